The Morgan fingerprint density at radius 1 is 1.18 bits per heavy atom. The molecule has 0 spiro atoms. The molecule has 2 aromatic heterocycles. The lowest BCUT2D eigenvalue weighted by molar-refractivity contribution is 0.210. The molecule has 0 radical (unpaired) electrons. The summed E-state index contributed by atoms with van der Waals surface area (Å²) in [6.45, 7) is 6.70. The molecule has 1 aliphatic carbocycles. The van der Waals surface area contributed by atoms with E-state index in [0.29, 0.717) is 12.0 Å². The van der Waals surface area contributed by atoms with E-state index < -0.39 is 0 Å². The van der Waals surface area contributed by atoms with Crippen LogP contribution in [0.1, 0.15) is 55.0 Å². The van der Waals surface area contributed by atoms with Gasteiger partial charge in [-0.25, -0.2) is 9.67 Å². The van der Waals surface area contributed by atoms with Gasteiger partial charge in [0.05, 0.1) is 13.1 Å². The Bertz CT molecular complexity index is 659. The van der Waals surface area contributed by atoms with E-state index in [9.17, 15) is 0 Å². The van der Waals surface area contributed by atoms with Gasteiger partial charge in [0.1, 0.15) is 11.6 Å². The van der Waals surface area contributed by atoms with Crippen molar-refractivity contribution >= 4 is 0 Å². The van der Waals surface area contributed by atoms with Gasteiger partial charge in [0.25, 0.3) is 0 Å². The summed E-state index contributed by atoms with van der Waals surface area (Å²) >= 11 is 0. The molecule has 2 aliphatic rings. The predicted molar refractivity (Wildman–Crippen MR) is 79.2 cm³/mol. The summed E-state index contributed by atoms with van der Waals surface area (Å²) in [5.41, 5.74) is 0. The fourth-order valence-corrected chi connectivity index (χ4v) is 3.25. The molecule has 1 saturated carbocycles. The summed E-state index contributed by atoms with van der Waals surface area (Å²) in [6, 6.07) is 0.475. The van der Waals surface area contributed by atoms with Crippen LogP contribution in [0.4, 0.5) is 0 Å². The normalized spacial score (nSPS) is 22.5. The molecule has 4 rings (SSSR count). The van der Waals surface area contributed by atoms with E-state index in [2.05, 4.69) is 25.1 Å². The summed E-state index contributed by atoms with van der Waals surface area (Å²) in [6.07, 6.45) is 4.79. The van der Waals surface area contributed by atoms with Crippen LogP contribution in [0.15, 0.2) is 4.52 Å². The predicted octanol–water partition coefficient (Wildman–Crippen LogP) is 1.82. The standard InChI is InChI=1S/C15H22N6O/c1-10-16-11(2)21(18-10)8-13-4-3-7-20(13)9-14-17-15(22-19-14)12-5-6-12/h12-13H,3-9H2,1-2H3/t13-/m1/s1. The number of hydrogen-bond acceptors (Lipinski definition) is 6. The molecular formula is C15H22N6O. The summed E-state index contributed by atoms with van der Waals surface area (Å²) < 4.78 is 7.38. The maximum atomic E-state index is 5.36. The van der Waals surface area contributed by atoms with Gasteiger partial charge in [-0.05, 0) is 46.1 Å². The first-order valence-corrected chi connectivity index (χ1v) is 8.13. The smallest absolute Gasteiger partial charge is 0.229 e. The van der Waals surface area contributed by atoms with Crippen LogP contribution in [0, 0.1) is 13.8 Å². The number of aromatic nitrogens is 5. The van der Waals surface area contributed by atoms with E-state index in [-0.39, 0.29) is 0 Å². The first-order valence-electron chi connectivity index (χ1n) is 8.13. The molecule has 1 saturated heterocycles. The first-order chi connectivity index (χ1) is 10.7. The number of rotatable bonds is 5. The van der Waals surface area contributed by atoms with Gasteiger partial charge in [-0.3, -0.25) is 4.90 Å². The molecule has 22 heavy (non-hydrogen) atoms. The van der Waals surface area contributed by atoms with Gasteiger partial charge < -0.3 is 4.52 Å². The second-order valence-electron chi connectivity index (χ2n) is 6.48. The summed E-state index contributed by atoms with van der Waals surface area (Å²) in [5, 5.41) is 8.62. The Morgan fingerprint density at radius 2 is 2.05 bits per heavy atom. The SMILES string of the molecule is Cc1nc(C)n(C[C@H]2CCCN2Cc2noc(C3CC3)n2)n1. The molecule has 0 bridgehead atoms. The number of aryl methyl sites for hydroxylation is 2. The fourth-order valence-electron chi connectivity index (χ4n) is 3.25. The highest BCUT2D eigenvalue weighted by Crippen LogP contribution is 2.38. The molecule has 1 atom stereocenters. The van der Waals surface area contributed by atoms with E-state index in [1.54, 1.807) is 0 Å². The minimum Gasteiger partial charge on any atom is -0.339 e. The van der Waals surface area contributed by atoms with Gasteiger partial charge in [0, 0.05) is 12.0 Å². The van der Waals surface area contributed by atoms with Crippen molar-refractivity contribution in [3.05, 3.63) is 23.4 Å². The number of likely N-dealkylation sites (tertiary alicyclic amines) is 1. The summed E-state index contributed by atoms with van der Waals surface area (Å²) in [4.78, 5) is 11.4. The van der Waals surface area contributed by atoms with Gasteiger partial charge in [-0.2, -0.15) is 10.1 Å². The molecule has 0 amide bonds. The Balaban J connectivity index is 1.42. The van der Waals surface area contributed by atoms with Gasteiger partial charge >= 0.3 is 0 Å². The fraction of sp³-hybridized carbons (Fsp3) is 0.733. The molecule has 0 aromatic carbocycles. The monoisotopic (exact) mass is 302 g/mol. The lowest BCUT2D eigenvalue weighted by Gasteiger charge is -2.23. The van der Waals surface area contributed by atoms with Crippen molar-refractivity contribution in [1.82, 2.24) is 29.8 Å². The van der Waals surface area contributed by atoms with Crippen molar-refractivity contribution < 1.29 is 4.52 Å². The molecule has 0 unspecified atom stereocenters. The zero-order valence-corrected chi connectivity index (χ0v) is 13.2. The third-order valence-electron chi connectivity index (χ3n) is 4.60. The second kappa shape index (κ2) is 5.46. The Morgan fingerprint density at radius 3 is 2.77 bits per heavy atom. The molecule has 3 heterocycles. The Labute approximate surface area is 129 Å². The highest BCUT2D eigenvalue weighted by Gasteiger charge is 2.31. The maximum absolute atomic E-state index is 5.36. The van der Waals surface area contributed by atoms with E-state index >= 15 is 0 Å². The molecule has 1 aliphatic heterocycles. The zero-order chi connectivity index (χ0) is 15.1. The quantitative estimate of drug-likeness (QED) is 0.839. The third kappa shape index (κ3) is 2.77. The van der Waals surface area contributed by atoms with Crippen LogP contribution in [0.3, 0.4) is 0 Å². The van der Waals surface area contributed by atoms with E-state index in [0.717, 1.165) is 43.0 Å². The lowest BCUT2D eigenvalue weighted by Crippen LogP contribution is -2.33. The lowest BCUT2D eigenvalue weighted by atomic mass is 10.2. The molecule has 7 heteroatoms. The molecule has 118 valence electrons. The molecule has 2 aromatic rings. The van der Waals surface area contributed by atoms with Crippen LogP contribution >= 0.6 is 0 Å². The van der Waals surface area contributed by atoms with Crippen molar-refractivity contribution in [3.63, 3.8) is 0 Å². The average molecular weight is 302 g/mol. The minimum absolute atomic E-state index is 0.475. The van der Waals surface area contributed by atoms with Crippen molar-refractivity contribution in [1.29, 1.82) is 0 Å². The van der Waals surface area contributed by atoms with Crippen LogP contribution in [0.25, 0.3) is 0 Å². The Hall–Kier alpha value is -1.76. The van der Waals surface area contributed by atoms with Crippen molar-refractivity contribution in [2.75, 3.05) is 6.54 Å². The highest BCUT2D eigenvalue weighted by atomic mass is 16.5. The third-order valence-corrected chi connectivity index (χ3v) is 4.60. The summed E-state index contributed by atoms with van der Waals surface area (Å²) in [5.74, 6) is 4.00. The van der Waals surface area contributed by atoms with Gasteiger partial charge in [-0.1, -0.05) is 5.16 Å². The highest BCUT2D eigenvalue weighted by molar-refractivity contribution is 5.02. The molecule has 7 nitrogen and oxygen atoms in total. The molecule has 0 N–H and O–H groups in total. The first kappa shape index (κ1) is 13.9. The van der Waals surface area contributed by atoms with Crippen LogP contribution in [0.2, 0.25) is 0 Å². The van der Waals surface area contributed by atoms with Crippen LogP contribution in [0.5, 0.6) is 0 Å². The van der Waals surface area contributed by atoms with E-state index in [4.69, 9.17) is 4.52 Å². The Kier molecular flexibility index (Phi) is 3.44. The zero-order valence-electron chi connectivity index (χ0n) is 13.2. The minimum atomic E-state index is 0.475. The van der Waals surface area contributed by atoms with E-state index in [1.807, 2.05) is 18.5 Å². The average Bonchev–Trinajstić information content (AvgIpc) is 2.93. The van der Waals surface area contributed by atoms with E-state index in [1.165, 1.54) is 25.7 Å². The number of hydrogen-bond donors (Lipinski definition) is 0. The molecule has 2 fully saturated rings. The van der Waals surface area contributed by atoms with Gasteiger partial charge in [-0.15, -0.1) is 0 Å². The van der Waals surface area contributed by atoms with Crippen LogP contribution in [-0.4, -0.2) is 42.4 Å². The topological polar surface area (TPSA) is 72.9 Å². The second-order valence-corrected chi connectivity index (χ2v) is 6.48. The van der Waals surface area contributed by atoms with Gasteiger partial charge in [0.2, 0.25) is 5.89 Å². The number of nitrogens with zero attached hydrogens (tertiary/aromatic N) is 6. The van der Waals surface area contributed by atoms with Crippen LogP contribution < -0.4 is 0 Å². The summed E-state index contributed by atoms with van der Waals surface area (Å²) in [7, 11) is 0. The van der Waals surface area contributed by atoms with Crippen LogP contribution in [-0.2, 0) is 13.1 Å². The largest absolute Gasteiger partial charge is 0.339 e. The van der Waals surface area contributed by atoms with Crippen molar-refractivity contribution in [2.45, 2.75) is 64.6 Å². The molecular weight excluding hydrogens is 280 g/mol. The maximum Gasteiger partial charge on any atom is 0.229 e. The van der Waals surface area contributed by atoms with Crippen molar-refractivity contribution in [2.24, 2.45) is 0 Å². The van der Waals surface area contributed by atoms with Crippen molar-refractivity contribution in [3.8, 4) is 0 Å². The van der Waals surface area contributed by atoms with Gasteiger partial charge in [0.15, 0.2) is 5.82 Å².